The van der Waals surface area contributed by atoms with Gasteiger partial charge in [0, 0.05) is 25.0 Å². The van der Waals surface area contributed by atoms with Gasteiger partial charge in [-0.25, -0.2) is 9.78 Å². The highest BCUT2D eigenvalue weighted by Crippen LogP contribution is 2.26. The Morgan fingerprint density at radius 1 is 1.13 bits per heavy atom. The number of aromatic nitrogens is 5. The number of amides is 1. The van der Waals surface area contributed by atoms with Crippen molar-refractivity contribution in [3.05, 3.63) is 60.8 Å². The molecule has 3 heterocycles. The summed E-state index contributed by atoms with van der Waals surface area (Å²) in [5.74, 6) is -0.418. The van der Waals surface area contributed by atoms with Crippen molar-refractivity contribution in [3.63, 3.8) is 0 Å². The number of rotatable bonds is 4. The average Bonchev–Trinajstić information content (AvgIpc) is 3.32. The molecule has 0 atom stereocenters. The van der Waals surface area contributed by atoms with Gasteiger partial charge in [-0.05, 0) is 42.6 Å². The fraction of sp³-hybridized carbons (Fsp3) is 0.250. The number of hydrogen-bond donors (Lipinski definition) is 1. The smallest absolute Gasteiger partial charge is 0.300 e. The minimum absolute atomic E-state index is 0.0570. The largest absolute Gasteiger partial charge is 0.332 e. The molecule has 9 nitrogen and oxygen atoms in total. The molecule has 1 amide bonds. The van der Waals surface area contributed by atoms with Crippen LogP contribution in [-0.2, 0) is 25.4 Å². The van der Waals surface area contributed by atoms with Gasteiger partial charge in [0.05, 0.1) is 5.69 Å². The van der Waals surface area contributed by atoms with E-state index < -0.39 is 17.2 Å². The number of thiazole rings is 1. The van der Waals surface area contributed by atoms with Crippen LogP contribution >= 0.6 is 22.9 Å². The van der Waals surface area contributed by atoms with E-state index in [2.05, 4.69) is 15.3 Å². The van der Waals surface area contributed by atoms with E-state index in [9.17, 15) is 14.4 Å². The number of imidazole rings is 1. The summed E-state index contributed by atoms with van der Waals surface area (Å²) in [5.41, 5.74) is 3.19. The zero-order valence-electron chi connectivity index (χ0n) is 17.3. The topological polar surface area (TPSA) is 104 Å². The average molecular weight is 459 g/mol. The predicted molar refractivity (Wildman–Crippen MR) is 121 cm³/mol. The highest BCUT2D eigenvalue weighted by molar-refractivity contribution is 7.14. The van der Waals surface area contributed by atoms with E-state index in [0.717, 1.165) is 21.4 Å². The molecular weight excluding hydrogens is 440 g/mol. The van der Waals surface area contributed by atoms with E-state index in [-0.39, 0.29) is 23.0 Å². The van der Waals surface area contributed by atoms with Crippen molar-refractivity contribution in [2.75, 3.05) is 5.32 Å². The molecule has 0 unspecified atom stereocenters. The van der Waals surface area contributed by atoms with Gasteiger partial charge < -0.3 is 5.32 Å². The molecule has 0 aliphatic carbocycles. The number of nitrogens with one attached hydrogen (secondary N) is 1. The Morgan fingerprint density at radius 2 is 1.87 bits per heavy atom. The molecule has 0 saturated carbocycles. The monoisotopic (exact) mass is 458 g/mol. The molecule has 160 valence electrons. The third kappa shape index (κ3) is 3.68. The summed E-state index contributed by atoms with van der Waals surface area (Å²) < 4.78 is 3.45. The lowest BCUT2D eigenvalue weighted by molar-refractivity contribution is -0.116. The zero-order chi connectivity index (χ0) is 22.4. The molecule has 31 heavy (non-hydrogen) atoms. The Balaban J connectivity index is 1.60. The maximum absolute atomic E-state index is 12.6. The summed E-state index contributed by atoms with van der Waals surface area (Å²) in [7, 11) is 2.85. The summed E-state index contributed by atoms with van der Waals surface area (Å²) in [6.45, 7) is 3.83. The van der Waals surface area contributed by atoms with Crippen molar-refractivity contribution >= 4 is 45.1 Å². The number of anilines is 1. The van der Waals surface area contributed by atoms with E-state index >= 15 is 0 Å². The molecule has 0 bridgehead atoms. The van der Waals surface area contributed by atoms with Gasteiger partial charge in [-0.2, -0.15) is 4.98 Å². The number of benzene rings is 1. The Hall–Kier alpha value is -3.24. The molecule has 0 aliphatic heterocycles. The van der Waals surface area contributed by atoms with Crippen molar-refractivity contribution < 1.29 is 4.79 Å². The van der Waals surface area contributed by atoms with Crippen LogP contribution in [0.2, 0.25) is 5.28 Å². The van der Waals surface area contributed by atoms with Gasteiger partial charge >= 0.3 is 5.69 Å². The molecule has 0 fully saturated rings. The summed E-state index contributed by atoms with van der Waals surface area (Å²) in [5, 5.41) is 4.97. The molecule has 11 heteroatoms. The van der Waals surface area contributed by atoms with Crippen LogP contribution < -0.4 is 16.6 Å². The van der Waals surface area contributed by atoms with Crippen LogP contribution in [0.1, 0.15) is 11.1 Å². The van der Waals surface area contributed by atoms with Gasteiger partial charge in [0.2, 0.25) is 11.2 Å². The van der Waals surface area contributed by atoms with Crippen LogP contribution in [0.4, 0.5) is 5.13 Å². The molecule has 1 aromatic carbocycles. The van der Waals surface area contributed by atoms with Crippen LogP contribution in [0, 0.1) is 13.8 Å². The molecule has 1 N–H and O–H groups in total. The molecule has 0 spiro atoms. The molecule has 0 radical (unpaired) electrons. The number of nitrogens with zero attached hydrogens (tertiary/aromatic N) is 5. The number of carbonyl (C=O) groups is 1. The second-order valence-corrected chi connectivity index (χ2v) is 8.43. The van der Waals surface area contributed by atoms with Crippen molar-refractivity contribution in [2.45, 2.75) is 20.4 Å². The van der Waals surface area contributed by atoms with E-state index in [1.165, 1.54) is 40.1 Å². The third-order valence-corrected chi connectivity index (χ3v) is 6.20. The number of carbonyl (C=O) groups excluding carboxylic acids is 1. The Labute approximate surface area is 185 Å². The Bertz CT molecular complexity index is 1460. The van der Waals surface area contributed by atoms with Crippen molar-refractivity contribution in [1.29, 1.82) is 0 Å². The summed E-state index contributed by atoms with van der Waals surface area (Å²) in [6.07, 6.45) is 0. The fourth-order valence-electron chi connectivity index (χ4n) is 3.23. The minimum Gasteiger partial charge on any atom is -0.300 e. The molecule has 3 aromatic heterocycles. The van der Waals surface area contributed by atoms with Crippen LogP contribution in [0.25, 0.3) is 22.4 Å². The highest BCUT2D eigenvalue weighted by atomic mass is 35.5. The normalized spacial score (nSPS) is 11.3. The molecule has 0 saturated heterocycles. The molecule has 4 rings (SSSR count). The number of fused-ring (bicyclic) bond motifs is 1. The van der Waals surface area contributed by atoms with Crippen LogP contribution in [0.5, 0.6) is 0 Å². The summed E-state index contributed by atoms with van der Waals surface area (Å²) >= 11 is 7.47. The Morgan fingerprint density at radius 3 is 2.58 bits per heavy atom. The van der Waals surface area contributed by atoms with E-state index in [4.69, 9.17) is 11.6 Å². The first-order valence-corrected chi connectivity index (χ1v) is 10.6. The zero-order valence-corrected chi connectivity index (χ0v) is 18.8. The summed E-state index contributed by atoms with van der Waals surface area (Å²) in [6, 6.07) is 6.07. The lowest BCUT2D eigenvalue weighted by Gasteiger charge is -2.07. The van der Waals surface area contributed by atoms with Crippen LogP contribution in [-0.4, -0.2) is 29.6 Å². The molecule has 0 aliphatic rings. The van der Waals surface area contributed by atoms with Gasteiger partial charge in [-0.1, -0.05) is 12.1 Å². The predicted octanol–water partition coefficient (Wildman–Crippen LogP) is 2.47. The molecular formula is C20H19ClN6O3S. The first-order chi connectivity index (χ1) is 14.7. The maximum atomic E-state index is 12.6. The maximum Gasteiger partial charge on any atom is 0.332 e. The van der Waals surface area contributed by atoms with Gasteiger partial charge in [0.15, 0.2) is 16.3 Å². The van der Waals surface area contributed by atoms with Crippen molar-refractivity contribution in [3.8, 4) is 11.3 Å². The lowest BCUT2D eigenvalue weighted by atomic mass is 10.1. The van der Waals surface area contributed by atoms with Gasteiger partial charge in [-0.3, -0.25) is 23.3 Å². The van der Waals surface area contributed by atoms with Gasteiger partial charge in [0.25, 0.3) is 5.56 Å². The number of halogens is 1. The quantitative estimate of drug-likeness (QED) is 0.473. The SMILES string of the molecule is Cc1ccc(-c2csc(NC(=O)Cn3c(Cl)nc4c3c(=O)n(C)c(=O)n4C)n2)cc1C. The lowest BCUT2D eigenvalue weighted by Crippen LogP contribution is -2.37. The van der Waals surface area contributed by atoms with E-state index in [0.29, 0.717) is 5.13 Å². The summed E-state index contributed by atoms with van der Waals surface area (Å²) in [4.78, 5) is 45.9. The number of aryl methyl sites for hydroxylation is 3. The van der Waals surface area contributed by atoms with E-state index in [1.807, 2.05) is 37.4 Å². The van der Waals surface area contributed by atoms with Crippen LogP contribution in [0.15, 0.2) is 33.2 Å². The Kier molecular flexibility index (Phi) is 5.28. The van der Waals surface area contributed by atoms with Crippen molar-refractivity contribution in [1.82, 2.24) is 23.7 Å². The standard InChI is InChI=1S/C20H19ClN6O3S/c1-10-5-6-12(7-11(10)2)13-9-31-19(22-13)23-14(28)8-27-15-16(24-18(27)21)25(3)20(30)26(4)17(15)29/h5-7,9H,8H2,1-4H3,(H,22,23,28). The van der Waals surface area contributed by atoms with Crippen molar-refractivity contribution in [2.24, 2.45) is 14.1 Å². The second-order valence-electron chi connectivity index (χ2n) is 7.23. The minimum atomic E-state index is -0.573. The number of hydrogen-bond acceptors (Lipinski definition) is 6. The van der Waals surface area contributed by atoms with Crippen LogP contribution in [0.3, 0.4) is 0 Å². The molecule has 4 aromatic rings. The van der Waals surface area contributed by atoms with E-state index in [1.54, 1.807) is 0 Å². The third-order valence-electron chi connectivity index (χ3n) is 5.16. The fourth-order valence-corrected chi connectivity index (χ4v) is 4.19. The first kappa shape index (κ1) is 21.0. The highest BCUT2D eigenvalue weighted by Gasteiger charge is 2.20. The van der Waals surface area contributed by atoms with Gasteiger partial charge in [0.1, 0.15) is 6.54 Å². The first-order valence-electron chi connectivity index (χ1n) is 9.32. The van der Waals surface area contributed by atoms with Gasteiger partial charge in [-0.15, -0.1) is 11.3 Å². The second kappa shape index (κ2) is 7.78.